The Bertz CT molecular complexity index is 503. The van der Waals surface area contributed by atoms with Gasteiger partial charge in [0.25, 0.3) is 0 Å². The van der Waals surface area contributed by atoms with Crippen LogP contribution in [0.15, 0.2) is 45.6 Å². The number of furan rings is 2. The summed E-state index contributed by atoms with van der Waals surface area (Å²) in [6.45, 7) is 0.272. The van der Waals surface area contributed by atoms with Crippen LogP contribution in [0.4, 0.5) is 0 Å². The second-order valence-corrected chi connectivity index (χ2v) is 4.69. The van der Waals surface area contributed by atoms with E-state index in [9.17, 15) is 9.59 Å². The van der Waals surface area contributed by atoms with Crippen LogP contribution in [0.2, 0.25) is 0 Å². The van der Waals surface area contributed by atoms with Crippen molar-refractivity contribution in [1.29, 1.82) is 0 Å². The van der Waals surface area contributed by atoms with Gasteiger partial charge in [-0.25, -0.2) is 0 Å². The summed E-state index contributed by atoms with van der Waals surface area (Å²) in [5, 5.41) is 0. The SMILES string of the molecule is O=C(CCCCC(=O)OCc1ccco1)OCc1ccco1. The molecule has 0 aromatic carbocycles. The van der Waals surface area contributed by atoms with E-state index in [0.717, 1.165) is 0 Å². The standard InChI is InChI=1S/C16H18O6/c17-15(21-11-13-5-3-9-19-13)7-1-2-8-16(18)22-12-14-6-4-10-20-14/h3-6,9-10H,1-2,7-8,11-12H2. The zero-order chi connectivity index (χ0) is 15.6. The van der Waals surface area contributed by atoms with Crippen molar-refractivity contribution in [3.63, 3.8) is 0 Å². The highest BCUT2D eigenvalue weighted by molar-refractivity contribution is 5.70. The Morgan fingerprint density at radius 2 is 1.27 bits per heavy atom. The van der Waals surface area contributed by atoms with Crippen molar-refractivity contribution >= 4 is 11.9 Å². The van der Waals surface area contributed by atoms with Crippen LogP contribution in [0, 0.1) is 0 Å². The summed E-state index contributed by atoms with van der Waals surface area (Å²) in [7, 11) is 0. The molecule has 2 aromatic heterocycles. The molecule has 6 nitrogen and oxygen atoms in total. The Labute approximate surface area is 128 Å². The van der Waals surface area contributed by atoms with Crippen molar-refractivity contribution in [2.24, 2.45) is 0 Å². The lowest BCUT2D eigenvalue weighted by Crippen LogP contribution is -2.06. The van der Waals surface area contributed by atoms with Gasteiger partial charge in [0.2, 0.25) is 0 Å². The van der Waals surface area contributed by atoms with E-state index < -0.39 is 0 Å². The van der Waals surface area contributed by atoms with Crippen LogP contribution in [0.25, 0.3) is 0 Å². The predicted molar refractivity (Wildman–Crippen MR) is 75.5 cm³/mol. The maximum atomic E-state index is 11.5. The molecule has 0 atom stereocenters. The monoisotopic (exact) mass is 306 g/mol. The molecule has 0 saturated heterocycles. The summed E-state index contributed by atoms with van der Waals surface area (Å²) in [6, 6.07) is 6.94. The van der Waals surface area contributed by atoms with Gasteiger partial charge in [0.15, 0.2) is 0 Å². The van der Waals surface area contributed by atoms with E-state index in [1.807, 2.05) is 0 Å². The molecule has 0 amide bonds. The summed E-state index contributed by atoms with van der Waals surface area (Å²) < 4.78 is 20.2. The van der Waals surface area contributed by atoms with Crippen LogP contribution in [-0.4, -0.2) is 11.9 Å². The van der Waals surface area contributed by atoms with E-state index in [1.165, 1.54) is 12.5 Å². The van der Waals surface area contributed by atoms with Gasteiger partial charge in [-0.1, -0.05) is 0 Å². The molecular formula is C16H18O6. The van der Waals surface area contributed by atoms with Crippen LogP contribution in [0.3, 0.4) is 0 Å². The molecule has 118 valence electrons. The van der Waals surface area contributed by atoms with Crippen LogP contribution in [0.1, 0.15) is 37.2 Å². The molecule has 0 spiro atoms. The summed E-state index contributed by atoms with van der Waals surface area (Å²) in [5.41, 5.74) is 0. The topological polar surface area (TPSA) is 78.9 Å². The number of ether oxygens (including phenoxy) is 2. The van der Waals surface area contributed by atoms with Crippen molar-refractivity contribution in [3.05, 3.63) is 48.3 Å². The minimum atomic E-state index is -0.305. The number of carbonyl (C=O) groups excluding carboxylic acids is 2. The van der Waals surface area contributed by atoms with Gasteiger partial charge in [-0.15, -0.1) is 0 Å². The fraction of sp³-hybridized carbons (Fsp3) is 0.375. The first kappa shape index (κ1) is 15.9. The molecule has 0 radical (unpaired) electrons. The van der Waals surface area contributed by atoms with Crippen LogP contribution < -0.4 is 0 Å². The lowest BCUT2D eigenvalue weighted by molar-refractivity contribution is -0.147. The second kappa shape index (κ2) is 8.71. The van der Waals surface area contributed by atoms with Crippen molar-refractivity contribution in [2.75, 3.05) is 0 Å². The predicted octanol–water partition coefficient (Wildman–Crippen LogP) is 3.22. The molecule has 0 bridgehead atoms. The molecule has 6 heteroatoms. The quantitative estimate of drug-likeness (QED) is 0.523. The molecular weight excluding hydrogens is 288 g/mol. The van der Waals surface area contributed by atoms with Gasteiger partial charge < -0.3 is 18.3 Å². The van der Waals surface area contributed by atoms with E-state index in [2.05, 4.69) is 0 Å². The molecule has 0 N–H and O–H groups in total. The first-order valence-corrected chi connectivity index (χ1v) is 7.10. The highest BCUT2D eigenvalue weighted by atomic mass is 16.5. The molecule has 0 aliphatic heterocycles. The minimum absolute atomic E-state index is 0.136. The third-order valence-corrected chi connectivity index (χ3v) is 2.92. The third kappa shape index (κ3) is 5.87. The fourth-order valence-corrected chi connectivity index (χ4v) is 1.78. The smallest absolute Gasteiger partial charge is 0.306 e. The fourth-order valence-electron chi connectivity index (χ4n) is 1.78. The van der Waals surface area contributed by atoms with Crippen LogP contribution in [-0.2, 0) is 32.3 Å². The molecule has 0 fully saturated rings. The van der Waals surface area contributed by atoms with E-state index in [-0.39, 0.29) is 38.0 Å². The van der Waals surface area contributed by atoms with E-state index in [4.69, 9.17) is 18.3 Å². The maximum absolute atomic E-state index is 11.5. The van der Waals surface area contributed by atoms with Gasteiger partial charge in [0, 0.05) is 12.8 Å². The second-order valence-electron chi connectivity index (χ2n) is 4.69. The summed E-state index contributed by atoms with van der Waals surface area (Å²) in [5.74, 6) is 0.602. The van der Waals surface area contributed by atoms with Gasteiger partial charge in [-0.05, 0) is 37.1 Å². The zero-order valence-electron chi connectivity index (χ0n) is 12.2. The Kier molecular flexibility index (Phi) is 6.29. The molecule has 22 heavy (non-hydrogen) atoms. The first-order valence-electron chi connectivity index (χ1n) is 7.10. The number of hydrogen-bond donors (Lipinski definition) is 0. The van der Waals surface area contributed by atoms with Gasteiger partial charge in [-0.3, -0.25) is 9.59 Å². The minimum Gasteiger partial charge on any atom is -0.466 e. The highest BCUT2D eigenvalue weighted by Crippen LogP contribution is 2.08. The number of carbonyl (C=O) groups is 2. The lowest BCUT2D eigenvalue weighted by Gasteiger charge is -2.04. The van der Waals surface area contributed by atoms with E-state index in [0.29, 0.717) is 24.4 Å². The molecule has 2 aromatic rings. The molecule has 0 aliphatic rings. The highest BCUT2D eigenvalue weighted by Gasteiger charge is 2.08. The summed E-state index contributed by atoms with van der Waals surface area (Å²) in [6.07, 6.45) is 4.74. The van der Waals surface area contributed by atoms with Gasteiger partial charge >= 0.3 is 11.9 Å². The Balaban J connectivity index is 1.49. The summed E-state index contributed by atoms with van der Waals surface area (Å²) in [4.78, 5) is 22.9. The average Bonchev–Trinajstić information content (AvgIpc) is 3.20. The lowest BCUT2D eigenvalue weighted by atomic mass is 10.2. The average molecular weight is 306 g/mol. The number of rotatable bonds is 9. The van der Waals surface area contributed by atoms with Crippen molar-refractivity contribution in [1.82, 2.24) is 0 Å². The third-order valence-electron chi connectivity index (χ3n) is 2.92. The Morgan fingerprint density at radius 3 is 1.64 bits per heavy atom. The normalized spacial score (nSPS) is 10.4. The van der Waals surface area contributed by atoms with Crippen LogP contribution in [0.5, 0.6) is 0 Å². The van der Waals surface area contributed by atoms with Gasteiger partial charge in [-0.2, -0.15) is 0 Å². The van der Waals surface area contributed by atoms with Crippen molar-refractivity contribution in [2.45, 2.75) is 38.9 Å². The first-order chi connectivity index (χ1) is 10.7. The van der Waals surface area contributed by atoms with E-state index in [1.54, 1.807) is 24.3 Å². The number of unbranched alkanes of at least 4 members (excludes halogenated alkanes) is 1. The zero-order valence-corrected chi connectivity index (χ0v) is 12.2. The van der Waals surface area contributed by atoms with Gasteiger partial charge in [0.05, 0.1) is 12.5 Å². The molecule has 2 heterocycles. The Hall–Kier alpha value is -2.50. The number of esters is 2. The van der Waals surface area contributed by atoms with E-state index >= 15 is 0 Å². The summed E-state index contributed by atoms with van der Waals surface area (Å²) >= 11 is 0. The molecule has 2 rings (SSSR count). The number of hydrogen-bond acceptors (Lipinski definition) is 6. The van der Waals surface area contributed by atoms with Crippen molar-refractivity contribution < 1.29 is 27.9 Å². The Morgan fingerprint density at radius 1 is 0.818 bits per heavy atom. The van der Waals surface area contributed by atoms with Crippen LogP contribution >= 0.6 is 0 Å². The maximum Gasteiger partial charge on any atom is 0.306 e. The molecule has 0 unspecified atom stereocenters. The largest absolute Gasteiger partial charge is 0.466 e. The molecule has 0 saturated carbocycles. The van der Waals surface area contributed by atoms with Gasteiger partial charge in [0.1, 0.15) is 24.7 Å². The molecule has 0 aliphatic carbocycles. The van der Waals surface area contributed by atoms with Crippen molar-refractivity contribution in [3.8, 4) is 0 Å².